The summed E-state index contributed by atoms with van der Waals surface area (Å²) < 4.78 is 15.2. The van der Waals surface area contributed by atoms with Crippen LogP contribution in [0.5, 0.6) is 0 Å². The number of aliphatic carboxylic acids is 1. The Hall–Kier alpha value is -2.54. The number of likely N-dealkylation sites (tertiary alicyclic amines) is 1. The monoisotopic (exact) mass is 480 g/mol. The number of unbranched alkanes of at least 4 members (excludes halogenated alkanes) is 1. The fraction of sp³-hybridized carbons (Fsp3) is 0.607. The van der Waals surface area contributed by atoms with Gasteiger partial charge < -0.3 is 10.4 Å². The first-order valence-electron chi connectivity index (χ1n) is 13.4. The summed E-state index contributed by atoms with van der Waals surface area (Å²) in [6.07, 6.45) is 10.3. The van der Waals surface area contributed by atoms with Gasteiger partial charge in [0, 0.05) is 48.1 Å². The Morgan fingerprint density at radius 1 is 1.20 bits per heavy atom. The van der Waals surface area contributed by atoms with Crippen molar-refractivity contribution in [1.29, 1.82) is 0 Å². The molecule has 2 aromatic heterocycles. The number of fused-ring (bicyclic) bond motifs is 1. The molecule has 6 nitrogen and oxygen atoms in total. The zero-order valence-electron chi connectivity index (χ0n) is 20.5. The molecule has 2 aliphatic heterocycles. The van der Waals surface area contributed by atoms with Crippen molar-refractivity contribution in [3.05, 3.63) is 53.0 Å². The van der Waals surface area contributed by atoms with Crippen molar-refractivity contribution in [3.8, 4) is 0 Å². The summed E-state index contributed by atoms with van der Waals surface area (Å²) in [5.41, 5.74) is 4.09. The van der Waals surface area contributed by atoms with E-state index in [1.807, 2.05) is 17.0 Å². The van der Waals surface area contributed by atoms with Gasteiger partial charge in [0.25, 0.3) is 0 Å². The number of carboxylic acid groups (broad SMARTS) is 1. The highest BCUT2D eigenvalue weighted by Gasteiger charge is 2.39. The van der Waals surface area contributed by atoms with Crippen LogP contribution < -0.4 is 5.32 Å². The second-order valence-corrected chi connectivity index (χ2v) is 10.5. The van der Waals surface area contributed by atoms with Crippen LogP contribution in [0.2, 0.25) is 0 Å². The van der Waals surface area contributed by atoms with E-state index in [0.29, 0.717) is 31.8 Å². The number of rotatable bonds is 10. The molecule has 3 atom stereocenters. The fourth-order valence-corrected chi connectivity index (χ4v) is 5.90. The molecular formula is C28H37FN4O2. The van der Waals surface area contributed by atoms with Gasteiger partial charge >= 0.3 is 5.97 Å². The van der Waals surface area contributed by atoms with Crippen LogP contribution in [0.15, 0.2) is 30.5 Å². The summed E-state index contributed by atoms with van der Waals surface area (Å²) in [5.74, 6) is 0.416. The minimum absolute atomic E-state index is 0.105. The lowest BCUT2D eigenvalue weighted by Gasteiger charge is -2.31. The smallest absolute Gasteiger partial charge is 0.325 e. The van der Waals surface area contributed by atoms with Crippen LogP contribution in [0.25, 0.3) is 0 Å². The molecule has 2 N–H and O–H groups in total. The number of anilines is 1. The Labute approximate surface area is 207 Å². The minimum atomic E-state index is -0.896. The van der Waals surface area contributed by atoms with E-state index in [4.69, 9.17) is 4.98 Å². The molecule has 3 unspecified atom stereocenters. The van der Waals surface area contributed by atoms with Crippen molar-refractivity contribution in [2.24, 2.45) is 5.92 Å². The molecule has 0 radical (unpaired) electrons. The molecule has 1 saturated carbocycles. The molecule has 2 fully saturated rings. The molecule has 2 aromatic rings. The number of halogens is 1. The highest BCUT2D eigenvalue weighted by Crippen LogP contribution is 2.40. The summed E-state index contributed by atoms with van der Waals surface area (Å²) in [7, 11) is 0. The molecule has 1 aliphatic carbocycles. The van der Waals surface area contributed by atoms with E-state index in [0.717, 1.165) is 74.3 Å². The van der Waals surface area contributed by atoms with Gasteiger partial charge in [-0.25, -0.2) is 9.37 Å². The highest BCUT2D eigenvalue weighted by atomic mass is 19.1. The van der Waals surface area contributed by atoms with Crippen LogP contribution in [0.3, 0.4) is 0 Å². The number of nitrogens with zero attached hydrogens (tertiary/aromatic N) is 3. The maximum atomic E-state index is 15.2. The zero-order valence-corrected chi connectivity index (χ0v) is 20.5. The molecule has 5 rings (SSSR count). The van der Waals surface area contributed by atoms with E-state index < -0.39 is 18.2 Å². The molecule has 0 aromatic carbocycles. The van der Waals surface area contributed by atoms with Gasteiger partial charge in [0.05, 0.1) is 0 Å². The van der Waals surface area contributed by atoms with Crippen LogP contribution in [0, 0.1) is 5.92 Å². The van der Waals surface area contributed by atoms with Crippen molar-refractivity contribution < 1.29 is 14.3 Å². The second-order valence-electron chi connectivity index (χ2n) is 10.5. The van der Waals surface area contributed by atoms with Crippen LogP contribution >= 0.6 is 0 Å². The van der Waals surface area contributed by atoms with E-state index in [1.54, 1.807) is 6.20 Å². The largest absolute Gasteiger partial charge is 0.480 e. The molecule has 35 heavy (non-hydrogen) atoms. The summed E-state index contributed by atoms with van der Waals surface area (Å²) >= 11 is 0. The topological polar surface area (TPSA) is 78.3 Å². The Morgan fingerprint density at radius 3 is 2.89 bits per heavy atom. The maximum absolute atomic E-state index is 15.2. The minimum Gasteiger partial charge on any atom is -0.480 e. The third-order valence-electron chi connectivity index (χ3n) is 8.14. The van der Waals surface area contributed by atoms with Crippen LogP contribution in [-0.2, 0) is 17.6 Å². The molecular weight excluding hydrogens is 443 g/mol. The quantitative estimate of drug-likeness (QED) is 0.449. The highest BCUT2D eigenvalue weighted by molar-refractivity contribution is 5.76. The summed E-state index contributed by atoms with van der Waals surface area (Å²) in [6.45, 7) is 2.10. The van der Waals surface area contributed by atoms with Crippen molar-refractivity contribution in [2.45, 2.75) is 82.3 Å². The molecule has 4 heterocycles. The predicted molar refractivity (Wildman–Crippen MR) is 134 cm³/mol. The summed E-state index contributed by atoms with van der Waals surface area (Å²) in [6, 6.07) is 7.28. The van der Waals surface area contributed by atoms with Gasteiger partial charge in [-0.15, -0.1) is 0 Å². The molecule has 0 spiro atoms. The number of hydrogen-bond donors (Lipinski definition) is 2. The predicted octanol–water partition coefficient (Wildman–Crippen LogP) is 5.30. The lowest BCUT2D eigenvalue weighted by molar-refractivity contribution is -0.143. The number of alkyl halides is 1. The first kappa shape index (κ1) is 24.2. The van der Waals surface area contributed by atoms with E-state index in [-0.39, 0.29) is 5.92 Å². The lowest BCUT2D eigenvalue weighted by atomic mass is 9.80. The van der Waals surface area contributed by atoms with Crippen molar-refractivity contribution in [2.75, 3.05) is 25.0 Å². The van der Waals surface area contributed by atoms with Gasteiger partial charge in [-0.1, -0.05) is 25.0 Å². The van der Waals surface area contributed by atoms with Crippen LogP contribution in [0.1, 0.15) is 85.8 Å². The Morgan fingerprint density at radius 2 is 2.09 bits per heavy atom. The summed E-state index contributed by atoms with van der Waals surface area (Å²) in [5, 5.41) is 13.5. The van der Waals surface area contributed by atoms with E-state index in [2.05, 4.69) is 22.4 Å². The van der Waals surface area contributed by atoms with Gasteiger partial charge in [0.2, 0.25) is 0 Å². The first-order valence-corrected chi connectivity index (χ1v) is 13.4. The fourth-order valence-electron chi connectivity index (χ4n) is 5.90. The number of nitrogens with one attached hydrogen (secondary N) is 1. The molecule has 0 amide bonds. The SMILES string of the molecule is O=C(O)C(c1cccnc1C1CCC1)N1CCC(C(F)CCCCc2ccc3c(n2)NCCC3)C1. The van der Waals surface area contributed by atoms with Crippen molar-refractivity contribution in [1.82, 2.24) is 14.9 Å². The van der Waals surface area contributed by atoms with E-state index in [9.17, 15) is 9.90 Å². The first-order chi connectivity index (χ1) is 17.1. The maximum Gasteiger partial charge on any atom is 0.325 e. The Kier molecular flexibility index (Phi) is 7.61. The Balaban J connectivity index is 1.13. The molecule has 1 saturated heterocycles. The lowest BCUT2D eigenvalue weighted by Crippen LogP contribution is -2.34. The number of carboxylic acids is 1. The molecule has 188 valence electrons. The normalized spacial score (nSPS) is 22.1. The number of pyridine rings is 2. The number of aryl methyl sites for hydroxylation is 2. The van der Waals surface area contributed by atoms with Crippen LogP contribution in [0.4, 0.5) is 10.2 Å². The van der Waals surface area contributed by atoms with Crippen molar-refractivity contribution in [3.63, 3.8) is 0 Å². The van der Waals surface area contributed by atoms with Crippen molar-refractivity contribution >= 4 is 11.8 Å². The van der Waals surface area contributed by atoms with Gasteiger partial charge in [0.1, 0.15) is 18.0 Å². The molecule has 7 heteroatoms. The molecule has 0 bridgehead atoms. The average Bonchev–Trinajstić information content (AvgIpc) is 3.31. The third-order valence-corrected chi connectivity index (χ3v) is 8.14. The van der Waals surface area contributed by atoms with Crippen LogP contribution in [-0.4, -0.2) is 51.7 Å². The number of aromatic nitrogens is 2. The van der Waals surface area contributed by atoms with E-state index in [1.165, 1.54) is 12.0 Å². The van der Waals surface area contributed by atoms with Gasteiger partial charge in [-0.05, 0) is 75.6 Å². The van der Waals surface area contributed by atoms with Gasteiger partial charge in [-0.3, -0.25) is 14.7 Å². The standard InChI is InChI=1S/C28H37FN4O2/c29-24(11-2-1-9-22-13-12-20-8-4-16-31-27(20)32-22)21-14-17-33(18-21)26(28(34)35)23-10-5-15-30-25(23)19-6-3-7-19/h5,10,12-13,15,19,21,24,26H,1-4,6-9,11,14,16-18H2,(H,31,32)(H,34,35). The summed E-state index contributed by atoms with van der Waals surface area (Å²) in [4.78, 5) is 23.6. The zero-order chi connectivity index (χ0) is 24.2. The second kappa shape index (κ2) is 11.0. The number of hydrogen-bond acceptors (Lipinski definition) is 5. The van der Waals surface area contributed by atoms with E-state index >= 15 is 4.39 Å². The Bertz CT molecular complexity index is 1030. The third kappa shape index (κ3) is 5.50. The van der Waals surface area contributed by atoms with Gasteiger partial charge in [0.15, 0.2) is 0 Å². The number of carbonyl (C=O) groups is 1. The molecule has 3 aliphatic rings. The van der Waals surface area contributed by atoms with Gasteiger partial charge in [-0.2, -0.15) is 0 Å². The average molecular weight is 481 g/mol.